The zero-order valence-corrected chi connectivity index (χ0v) is 14.7. The van der Waals surface area contributed by atoms with E-state index >= 15 is 0 Å². The number of aldehydes is 1. The van der Waals surface area contributed by atoms with Crippen molar-refractivity contribution in [3.63, 3.8) is 0 Å². The first-order valence-electron chi connectivity index (χ1n) is 5.53. The fourth-order valence-electron chi connectivity index (χ4n) is 1.63. The van der Waals surface area contributed by atoms with Gasteiger partial charge in [0.15, 0.2) is 6.29 Å². The summed E-state index contributed by atoms with van der Waals surface area (Å²) in [5, 5.41) is 1.05. The second kappa shape index (κ2) is 6.94. The van der Waals surface area contributed by atoms with E-state index in [0.29, 0.717) is 31.4 Å². The Hall–Kier alpha value is -0.550. The summed E-state index contributed by atoms with van der Waals surface area (Å²) in [5.41, 5.74) is 1.12. The number of rotatable bonds is 4. The van der Waals surface area contributed by atoms with Crippen molar-refractivity contribution in [2.24, 2.45) is 0 Å². The van der Waals surface area contributed by atoms with Crippen LogP contribution in [0, 0.1) is 0 Å². The normalized spacial score (nSPS) is 10.4. The van der Waals surface area contributed by atoms with E-state index in [0.717, 1.165) is 10.8 Å². The Morgan fingerprint density at radius 2 is 1.80 bits per heavy atom. The Morgan fingerprint density at radius 1 is 1.15 bits per heavy atom. The standard InChI is InChI=1S/C14H8Br2Cl2O2/c15-9-4-8(6-19)14(11(16)5-9)20-7-10-12(17)2-1-3-13(10)18/h1-6H,7H2. The minimum absolute atomic E-state index is 0.180. The molecule has 0 atom stereocenters. The molecule has 2 nitrogen and oxygen atoms in total. The number of hydrogen-bond acceptors (Lipinski definition) is 2. The zero-order valence-electron chi connectivity index (χ0n) is 10.00. The molecule has 0 aliphatic rings. The smallest absolute Gasteiger partial charge is 0.153 e. The average Bonchev–Trinajstić information content (AvgIpc) is 2.39. The summed E-state index contributed by atoms with van der Waals surface area (Å²) < 4.78 is 7.16. The van der Waals surface area contributed by atoms with Crippen molar-refractivity contribution < 1.29 is 9.53 Å². The van der Waals surface area contributed by atoms with E-state index in [1.54, 1.807) is 30.3 Å². The van der Waals surface area contributed by atoms with E-state index in [-0.39, 0.29) is 6.61 Å². The molecule has 0 bridgehead atoms. The number of carbonyl (C=O) groups excluding carboxylic acids is 1. The van der Waals surface area contributed by atoms with Crippen LogP contribution in [0.25, 0.3) is 0 Å². The van der Waals surface area contributed by atoms with Gasteiger partial charge in [0.25, 0.3) is 0 Å². The molecule has 0 aromatic heterocycles. The summed E-state index contributed by atoms with van der Waals surface area (Å²) >= 11 is 18.9. The topological polar surface area (TPSA) is 26.3 Å². The van der Waals surface area contributed by atoms with Crippen LogP contribution in [0.1, 0.15) is 15.9 Å². The fourth-order valence-corrected chi connectivity index (χ4v) is 3.51. The van der Waals surface area contributed by atoms with Crippen LogP contribution >= 0.6 is 55.1 Å². The Balaban J connectivity index is 2.30. The van der Waals surface area contributed by atoms with Crippen molar-refractivity contribution in [1.29, 1.82) is 0 Å². The minimum atomic E-state index is 0.180. The first-order chi connectivity index (χ1) is 9.52. The van der Waals surface area contributed by atoms with Gasteiger partial charge in [-0.2, -0.15) is 0 Å². The molecule has 0 fully saturated rings. The Bertz CT molecular complexity index is 640. The largest absolute Gasteiger partial charge is 0.487 e. The Morgan fingerprint density at radius 3 is 2.40 bits per heavy atom. The summed E-state index contributed by atoms with van der Waals surface area (Å²) in [6, 6.07) is 8.73. The van der Waals surface area contributed by atoms with Crippen LogP contribution in [0.4, 0.5) is 0 Å². The van der Waals surface area contributed by atoms with Gasteiger partial charge in [0.1, 0.15) is 12.4 Å². The molecule has 2 aromatic rings. The summed E-state index contributed by atoms with van der Waals surface area (Å²) in [6.07, 6.45) is 0.735. The summed E-state index contributed by atoms with van der Waals surface area (Å²) in [6.45, 7) is 0.180. The zero-order chi connectivity index (χ0) is 14.7. The fraction of sp³-hybridized carbons (Fsp3) is 0.0714. The highest BCUT2D eigenvalue weighted by Gasteiger charge is 2.12. The third-order valence-electron chi connectivity index (χ3n) is 2.59. The van der Waals surface area contributed by atoms with Crippen LogP contribution in [0.3, 0.4) is 0 Å². The maximum Gasteiger partial charge on any atom is 0.153 e. The monoisotopic (exact) mass is 436 g/mol. The van der Waals surface area contributed by atoms with Gasteiger partial charge >= 0.3 is 0 Å². The van der Waals surface area contributed by atoms with Crippen molar-refractivity contribution in [2.45, 2.75) is 6.61 Å². The predicted molar refractivity (Wildman–Crippen MR) is 88.0 cm³/mol. The molecule has 20 heavy (non-hydrogen) atoms. The molecule has 2 aromatic carbocycles. The molecule has 2 rings (SSSR count). The molecule has 0 saturated carbocycles. The first-order valence-corrected chi connectivity index (χ1v) is 7.87. The molecular weight excluding hydrogens is 431 g/mol. The molecule has 0 aliphatic carbocycles. The first kappa shape index (κ1) is 15.8. The highest BCUT2D eigenvalue weighted by molar-refractivity contribution is 9.11. The maximum absolute atomic E-state index is 11.1. The number of carbonyl (C=O) groups is 1. The van der Waals surface area contributed by atoms with Crippen LogP contribution in [0.15, 0.2) is 39.3 Å². The quantitative estimate of drug-likeness (QED) is 0.555. The average molecular weight is 439 g/mol. The third kappa shape index (κ3) is 3.55. The van der Waals surface area contributed by atoms with E-state index in [1.807, 2.05) is 0 Å². The second-order valence-corrected chi connectivity index (χ2v) is 6.50. The van der Waals surface area contributed by atoms with Crippen LogP contribution in [-0.2, 0) is 6.61 Å². The highest BCUT2D eigenvalue weighted by Crippen LogP contribution is 2.34. The van der Waals surface area contributed by atoms with E-state index in [1.165, 1.54) is 0 Å². The van der Waals surface area contributed by atoms with Gasteiger partial charge < -0.3 is 4.74 Å². The predicted octanol–water partition coefficient (Wildman–Crippen LogP) is 5.91. The van der Waals surface area contributed by atoms with Crippen molar-refractivity contribution >= 4 is 61.3 Å². The van der Waals surface area contributed by atoms with E-state index in [2.05, 4.69) is 31.9 Å². The molecule has 104 valence electrons. The van der Waals surface area contributed by atoms with Crippen molar-refractivity contribution in [2.75, 3.05) is 0 Å². The number of benzene rings is 2. The van der Waals surface area contributed by atoms with Gasteiger partial charge in [-0.1, -0.05) is 45.2 Å². The number of halogens is 4. The van der Waals surface area contributed by atoms with Crippen molar-refractivity contribution in [3.8, 4) is 5.75 Å². The minimum Gasteiger partial charge on any atom is -0.487 e. The Kier molecular flexibility index (Phi) is 5.49. The molecule has 0 amide bonds. The molecule has 0 aliphatic heterocycles. The van der Waals surface area contributed by atoms with E-state index < -0.39 is 0 Å². The number of hydrogen-bond donors (Lipinski definition) is 0. The molecule has 0 radical (unpaired) electrons. The van der Waals surface area contributed by atoms with Crippen LogP contribution in [0.5, 0.6) is 5.75 Å². The van der Waals surface area contributed by atoms with Gasteiger partial charge in [-0.15, -0.1) is 0 Å². The maximum atomic E-state index is 11.1. The SMILES string of the molecule is O=Cc1cc(Br)cc(Br)c1OCc1c(Cl)cccc1Cl. The van der Waals surface area contributed by atoms with Crippen LogP contribution < -0.4 is 4.74 Å². The van der Waals surface area contributed by atoms with Gasteiger partial charge in [-0.05, 0) is 40.2 Å². The molecule has 6 heteroatoms. The molecule has 0 unspecified atom stereocenters. The lowest BCUT2D eigenvalue weighted by atomic mass is 10.2. The highest BCUT2D eigenvalue weighted by atomic mass is 79.9. The van der Waals surface area contributed by atoms with E-state index in [4.69, 9.17) is 27.9 Å². The van der Waals surface area contributed by atoms with Crippen molar-refractivity contribution in [1.82, 2.24) is 0 Å². The molecular formula is C14H8Br2Cl2O2. The third-order valence-corrected chi connectivity index (χ3v) is 4.34. The second-order valence-electron chi connectivity index (χ2n) is 3.91. The molecule has 0 saturated heterocycles. The molecule has 0 heterocycles. The van der Waals surface area contributed by atoms with Crippen molar-refractivity contribution in [3.05, 3.63) is 60.4 Å². The number of ether oxygens (including phenoxy) is 1. The lowest BCUT2D eigenvalue weighted by Crippen LogP contribution is -2.00. The van der Waals surface area contributed by atoms with Gasteiger partial charge in [-0.25, -0.2) is 0 Å². The summed E-state index contributed by atoms with van der Waals surface area (Å²) in [4.78, 5) is 11.1. The van der Waals surface area contributed by atoms with Crippen LogP contribution in [-0.4, -0.2) is 6.29 Å². The van der Waals surface area contributed by atoms with Gasteiger partial charge in [-0.3, -0.25) is 4.79 Å². The molecule has 0 N–H and O–H groups in total. The lowest BCUT2D eigenvalue weighted by molar-refractivity contribution is 0.111. The van der Waals surface area contributed by atoms with Gasteiger partial charge in [0.2, 0.25) is 0 Å². The molecule has 0 spiro atoms. The summed E-state index contributed by atoms with van der Waals surface area (Å²) in [5.74, 6) is 0.458. The summed E-state index contributed by atoms with van der Waals surface area (Å²) in [7, 11) is 0. The van der Waals surface area contributed by atoms with E-state index in [9.17, 15) is 4.79 Å². The Labute approximate surface area is 143 Å². The van der Waals surface area contributed by atoms with Crippen LogP contribution in [0.2, 0.25) is 10.0 Å². The lowest BCUT2D eigenvalue weighted by Gasteiger charge is -2.13. The van der Waals surface area contributed by atoms with Gasteiger partial charge in [0.05, 0.1) is 10.0 Å². The van der Waals surface area contributed by atoms with Gasteiger partial charge in [0, 0.05) is 20.1 Å².